The Balaban J connectivity index is 1.77. The first-order valence-corrected chi connectivity index (χ1v) is 10.2. The van der Waals surface area contributed by atoms with E-state index in [9.17, 15) is 9.00 Å². The highest BCUT2D eigenvalue weighted by molar-refractivity contribution is 7.90. The largest absolute Gasteiger partial charge is 0.321 e. The van der Waals surface area contributed by atoms with Crippen LogP contribution in [0.5, 0.6) is 0 Å². The first-order chi connectivity index (χ1) is 11.9. The lowest BCUT2D eigenvalue weighted by Gasteiger charge is -2.17. The van der Waals surface area contributed by atoms with Crippen molar-refractivity contribution >= 4 is 21.5 Å². The van der Waals surface area contributed by atoms with Crippen LogP contribution in [0.2, 0.25) is 0 Å². The number of amides is 1. The summed E-state index contributed by atoms with van der Waals surface area (Å²) in [4.78, 5) is 13.0. The van der Waals surface area contributed by atoms with Gasteiger partial charge in [0.15, 0.2) is 0 Å². The Bertz CT molecular complexity index is 948. The summed E-state index contributed by atoms with van der Waals surface area (Å²) in [6.45, 7) is 0. The molecule has 0 spiro atoms. The van der Waals surface area contributed by atoms with Crippen molar-refractivity contribution in [3.63, 3.8) is 0 Å². The highest BCUT2D eigenvalue weighted by atomic mass is 32.2. The molecule has 1 unspecified atom stereocenters. The summed E-state index contributed by atoms with van der Waals surface area (Å²) in [5, 5.41) is 8.55. The molecular formula is C19H21N3O2S. The monoisotopic (exact) mass is 355 g/mol. The molecule has 25 heavy (non-hydrogen) atoms. The standard InChI is InChI=1S/C19H21N3O2S/c20-25(21,24)17-10-2-1-7-16(17)19(23)22-18-14-8-3-5-12(14)11-13-6-4-9-15(13)18/h1-2,7,10-11H,3-6,8-9H2,(H,22,23)(H3,20,21,24). The summed E-state index contributed by atoms with van der Waals surface area (Å²) in [6, 6.07) is 8.72. The average molecular weight is 355 g/mol. The van der Waals surface area contributed by atoms with E-state index >= 15 is 0 Å². The Morgan fingerprint density at radius 2 is 1.64 bits per heavy atom. The zero-order valence-corrected chi connectivity index (χ0v) is 14.7. The van der Waals surface area contributed by atoms with Crippen molar-refractivity contribution < 1.29 is 9.00 Å². The van der Waals surface area contributed by atoms with Gasteiger partial charge in [0, 0.05) is 5.69 Å². The van der Waals surface area contributed by atoms with Crippen LogP contribution in [0.25, 0.3) is 0 Å². The van der Waals surface area contributed by atoms with Crippen LogP contribution in [-0.2, 0) is 35.6 Å². The zero-order valence-electron chi connectivity index (χ0n) is 13.9. The summed E-state index contributed by atoms with van der Waals surface area (Å²) >= 11 is 0. The van der Waals surface area contributed by atoms with Gasteiger partial charge in [-0.1, -0.05) is 18.2 Å². The number of nitrogens with one attached hydrogen (secondary N) is 2. The maximum Gasteiger partial charge on any atom is 0.256 e. The second-order valence-electron chi connectivity index (χ2n) is 6.78. The fourth-order valence-electron chi connectivity index (χ4n) is 4.07. The first kappa shape index (κ1) is 16.3. The van der Waals surface area contributed by atoms with Crippen LogP contribution in [0.1, 0.15) is 45.5 Å². The van der Waals surface area contributed by atoms with Gasteiger partial charge in [-0.15, -0.1) is 0 Å². The van der Waals surface area contributed by atoms with Crippen molar-refractivity contribution in [2.75, 3.05) is 5.32 Å². The first-order valence-electron chi connectivity index (χ1n) is 8.58. The molecule has 1 amide bonds. The highest BCUT2D eigenvalue weighted by Gasteiger charge is 2.26. The predicted octanol–water partition coefficient (Wildman–Crippen LogP) is 3.20. The Morgan fingerprint density at radius 1 is 1.04 bits per heavy atom. The molecule has 6 heteroatoms. The van der Waals surface area contributed by atoms with Crippen LogP contribution >= 0.6 is 0 Å². The number of carbonyl (C=O) groups is 1. The third-order valence-electron chi connectivity index (χ3n) is 5.17. The molecule has 2 aliphatic rings. The highest BCUT2D eigenvalue weighted by Crippen LogP contribution is 2.38. The lowest BCUT2D eigenvalue weighted by Crippen LogP contribution is -2.20. The van der Waals surface area contributed by atoms with Gasteiger partial charge in [-0.05, 0) is 72.9 Å². The number of hydrogen-bond donors (Lipinski definition) is 3. The lowest BCUT2D eigenvalue weighted by molar-refractivity contribution is 0.102. The number of benzene rings is 2. The van der Waals surface area contributed by atoms with E-state index in [4.69, 9.17) is 9.92 Å². The SMILES string of the molecule is N=S(N)(=O)c1ccccc1C(=O)Nc1c2c(cc3c1CCC3)CCC2. The van der Waals surface area contributed by atoms with E-state index in [1.54, 1.807) is 18.2 Å². The van der Waals surface area contributed by atoms with Crippen molar-refractivity contribution in [2.24, 2.45) is 5.14 Å². The van der Waals surface area contributed by atoms with Gasteiger partial charge in [0.05, 0.1) is 10.5 Å². The van der Waals surface area contributed by atoms with E-state index in [-0.39, 0.29) is 16.4 Å². The molecule has 5 nitrogen and oxygen atoms in total. The number of hydrogen-bond acceptors (Lipinski definition) is 3. The molecule has 4 N–H and O–H groups in total. The summed E-state index contributed by atoms with van der Waals surface area (Å²) in [5.74, 6) is -0.338. The molecule has 0 saturated heterocycles. The third-order valence-corrected chi connectivity index (χ3v) is 6.18. The van der Waals surface area contributed by atoms with Crippen molar-refractivity contribution in [1.29, 1.82) is 4.78 Å². The number of aryl methyl sites for hydroxylation is 2. The van der Waals surface area contributed by atoms with Crippen LogP contribution in [0.15, 0.2) is 35.2 Å². The number of carbonyl (C=O) groups excluding carboxylic acids is 1. The van der Waals surface area contributed by atoms with Gasteiger partial charge in [-0.3, -0.25) is 4.79 Å². The molecule has 2 aliphatic carbocycles. The maximum atomic E-state index is 12.9. The molecular weight excluding hydrogens is 334 g/mol. The molecule has 0 radical (unpaired) electrons. The van der Waals surface area contributed by atoms with Gasteiger partial charge >= 0.3 is 0 Å². The Kier molecular flexibility index (Phi) is 3.89. The minimum atomic E-state index is -3.45. The number of nitrogens with two attached hydrogens (primary N) is 1. The van der Waals surface area contributed by atoms with Gasteiger partial charge in [0.1, 0.15) is 9.92 Å². The van der Waals surface area contributed by atoms with Gasteiger partial charge < -0.3 is 5.32 Å². The predicted molar refractivity (Wildman–Crippen MR) is 98.2 cm³/mol. The summed E-state index contributed by atoms with van der Waals surface area (Å²) in [5.41, 5.74) is 6.32. The van der Waals surface area contributed by atoms with E-state index in [2.05, 4.69) is 11.4 Å². The van der Waals surface area contributed by atoms with Crippen LogP contribution in [0, 0.1) is 4.78 Å². The van der Waals surface area contributed by atoms with Crippen LogP contribution in [-0.4, -0.2) is 10.1 Å². The second-order valence-corrected chi connectivity index (χ2v) is 8.43. The minimum Gasteiger partial charge on any atom is -0.321 e. The molecule has 4 rings (SSSR count). The summed E-state index contributed by atoms with van der Waals surface area (Å²) in [6.07, 6.45) is 6.30. The Morgan fingerprint density at radius 3 is 2.24 bits per heavy atom. The van der Waals surface area contributed by atoms with Gasteiger partial charge in [0.2, 0.25) is 0 Å². The number of anilines is 1. The van der Waals surface area contributed by atoms with Gasteiger partial charge in [-0.2, -0.15) is 0 Å². The molecule has 0 aliphatic heterocycles. The molecule has 2 aromatic carbocycles. The van der Waals surface area contributed by atoms with E-state index in [0.29, 0.717) is 0 Å². The summed E-state index contributed by atoms with van der Waals surface area (Å²) < 4.78 is 19.7. The van der Waals surface area contributed by atoms with E-state index < -0.39 is 9.92 Å². The van der Waals surface area contributed by atoms with Gasteiger partial charge in [0.25, 0.3) is 5.91 Å². The zero-order chi connectivity index (χ0) is 17.6. The molecule has 0 bridgehead atoms. The fourth-order valence-corrected chi connectivity index (χ4v) is 4.83. The number of rotatable bonds is 3. The molecule has 1 atom stereocenters. The van der Waals surface area contributed by atoms with E-state index in [1.807, 2.05) is 0 Å². The molecule has 0 heterocycles. The Hall–Kier alpha value is -2.18. The fraction of sp³-hybridized carbons (Fsp3) is 0.316. The third kappa shape index (κ3) is 2.85. The molecule has 0 aromatic heterocycles. The van der Waals surface area contributed by atoms with Crippen LogP contribution in [0.3, 0.4) is 0 Å². The molecule has 0 fully saturated rings. The molecule has 130 valence electrons. The maximum absolute atomic E-state index is 12.9. The van der Waals surface area contributed by atoms with Crippen molar-refractivity contribution in [3.05, 3.63) is 58.1 Å². The Labute approximate surface area is 147 Å². The van der Waals surface area contributed by atoms with Crippen molar-refractivity contribution in [2.45, 2.75) is 43.4 Å². The van der Waals surface area contributed by atoms with Gasteiger partial charge in [-0.25, -0.2) is 14.1 Å². The molecule has 0 saturated carbocycles. The van der Waals surface area contributed by atoms with Crippen molar-refractivity contribution in [3.8, 4) is 0 Å². The lowest BCUT2D eigenvalue weighted by atomic mass is 9.98. The molecule has 2 aromatic rings. The van der Waals surface area contributed by atoms with Crippen LogP contribution in [0.4, 0.5) is 5.69 Å². The summed E-state index contributed by atoms with van der Waals surface area (Å²) in [7, 11) is -3.45. The number of fused-ring (bicyclic) bond motifs is 2. The smallest absolute Gasteiger partial charge is 0.256 e. The normalized spacial score (nSPS) is 17.6. The van der Waals surface area contributed by atoms with E-state index in [1.165, 1.54) is 28.3 Å². The van der Waals surface area contributed by atoms with E-state index in [0.717, 1.165) is 44.2 Å². The van der Waals surface area contributed by atoms with Crippen LogP contribution < -0.4 is 10.5 Å². The van der Waals surface area contributed by atoms with Crippen molar-refractivity contribution in [1.82, 2.24) is 0 Å². The minimum absolute atomic E-state index is 0.0803. The quantitative estimate of drug-likeness (QED) is 0.788. The average Bonchev–Trinajstić information content (AvgIpc) is 3.22. The second kappa shape index (κ2) is 5.97. The topological polar surface area (TPSA) is 96.0 Å².